The van der Waals surface area contributed by atoms with Gasteiger partial charge in [-0.05, 0) is 5.56 Å². The van der Waals surface area contributed by atoms with Gasteiger partial charge in [-0.3, -0.25) is 0 Å². The molecule has 17 heavy (non-hydrogen) atoms. The van der Waals surface area contributed by atoms with E-state index < -0.39 is 18.1 Å². The Morgan fingerprint density at radius 2 is 2.06 bits per heavy atom. The fourth-order valence-corrected chi connectivity index (χ4v) is 1.20. The molecule has 0 aliphatic heterocycles. The summed E-state index contributed by atoms with van der Waals surface area (Å²) in [5.41, 5.74) is 0.456. The second kappa shape index (κ2) is 6.18. The predicted molar refractivity (Wildman–Crippen MR) is 60.1 cm³/mol. The molecule has 0 aliphatic rings. The number of benzene rings is 1. The minimum atomic E-state index is -1.17. The molecule has 1 amide bonds. The molecule has 0 heterocycles. The quantitative estimate of drug-likeness (QED) is 0.765. The maximum atomic E-state index is 11.2. The molecule has 1 aromatic carbocycles. The third-order valence-corrected chi connectivity index (χ3v) is 1.93. The van der Waals surface area contributed by atoms with E-state index in [1.54, 1.807) is 30.3 Å². The van der Waals surface area contributed by atoms with Crippen LogP contribution in [0.1, 0.15) is 11.6 Å². The molecular weight excluding hydrogens is 222 g/mol. The van der Waals surface area contributed by atoms with Crippen LogP contribution in [0.3, 0.4) is 0 Å². The number of carboxylic acids is 1. The van der Waals surface area contributed by atoms with Gasteiger partial charge < -0.3 is 15.2 Å². The van der Waals surface area contributed by atoms with Crippen LogP contribution in [0.5, 0.6) is 0 Å². The Morgan fingerprint density at radius 1 is 1.41 bits per heavy atom. The molecule has 0 aromatic heterocycles. The monoisotopic (exact) mass is 233 g/mol. The second-order valence-corrected chi connectivity index (χ2v) is 3.11. The number of aliphatic carboxylic acids is 1. The van der Waals surface area contributed by atoms with Crippen LogP contribution in [0.2, 0.25) is 0 Å². The summed E-state index contributed by atoms with van der Waals surface area (Å²) in [6, 6.07) is 7.15. The molecule has 0 saturated carbocycles. The molecule has 0 aliphatic carbocycles. The van der Waals surface area contributed by atoms with Gasteiger partial charge in [0.25, 0.3) is 0 Å². The number of ether oxygens (including phenoxy) is 1. The summed E-state index contributed by atoms with van der Waals surface area (Å²) in [6.45, 7) is -0.201. The second-order valence-electron chi connectivity index (χ2n) is 3.11. The molecule has 1 rings (SSSR count). The van der Waals surface area contributed by atoms with Gasteiger partial charge in [-0.1, -0.05) is 36.3 Å². The van der Waals surface area contributed by atoms with Crippen LogP contribution in [0.15, 0.2) is 30.3 Å². The maximum absolute atomic E-state index is 11.2. The fourth-order valence-electron chi connectivity index (χ4n) is 1.20. The van der Waals surface area contributed by atoms with E-state index in [9.17, 15) is 9.59 Å². The Hall–Kier alpha value is -2.48. The molecule has 0 fully saturated rings. The van der Waals surface area contributed by atoms with Crippen LogP contribution < -0.4 is 5.32 Å². The van der Waals surface area contributed by atoms with Crippen LogP contribution in [-0.4, -0.2) is 23.8 Å². The molecule has 1 atom stereocenters. The number of carbonyl (C=O) groups is 2. The van der Waals surface area contributed by atoms with Gasteiger partial charge in [-0.15, -0.1) is 6.42 Å². The van der Waals surface area contributed by atoms with Crippen molar-refractivity contribution < 1.29 is 19.4 Å². The van der Waals surface area contributed by atoms with Gasteiger partial charge in [-0.2, -0.15) is 0 Å². The van der Waals surface area contributed by atoms with Gasteiger partial charge in [0.05, 0.1) is 0 Å². The van der Waals surface area contributed by atoms with Crippen LogP contribution >= 0.6 is 0 Å². The van der Waals surface area contributed by atoms with E-state index in [-0.39, 0.29) is 6.61 Å². The first-order valence-electron chi connectivity index (χ1n) is 4.79. The standard InChI is InChI=1S/C12H11NO4/c1-2-8-17-12(16)13-10(11(14)15)9-6-4-3-5-7-9/h1,3-7,10H,8H2,(H,13,16)(H,14,15). The molecular formula is C12H11NO4. The van der Waals surface area contributed by atoms with Crippen molar-refractivity contribution >= 4 is 12.1 Å². The summed E-state index contributed by atoms with van der Waals surface area (Å²) in [5.74, 6) is 0.938. The molecule has 5 nitrogen and oxygen atoms in total. The first-order valence-corrected chi connectivity index (χ1v) is 4.79. The van der Waals surface area contributed by atoms with Crippen molar-refractivity contribution in [3.05, 3.63) is 35.9 Å². The Balaban J connectivity index is 2.72. The Kier molecular flexibility index (Phi) is 4.58. The Bertz CT molecular complexity index is 436. The van der Waals surface area contributed by atoms with Crippen molar-refractivity contribution in [3.8, 4) is 12.3 Å². The summed E-state index contributed by atoms with van der Waals surface area (Å²) in [5, 5.41) is 11.2. The van der Waals surface area contributed by atoms with Crippen molar-refractivity contribution in [1.82, 2.24) is 5.32 Å². The van der Waals surface area contributed by atoms with E-state index >= 15 is 0 Å². The minimum Gasteiger partial charge on any atom is -0.479 e. The average molecular weight is 233 g/mol. The van der Waals surface area contributed by atoms with Gasteiger partial charge in [0.1, 0.15) is 0 Å². The number of rotatable bonds is 4. The van der Waals surface area contributed by atoms with Crippen molar-refractivity contribution in [2.24, 2.45) is 0 Å². The van der Waals surface area contributed by atoms with E-state index in [0.717, 1.165) is 0 Å². The first kappa shape index (κ1) is 12.6. The number of carboxylic acid groups (broad SMARTS) is 1. The van der Waals surface area contributed by atoms with E-state index in [1.165, 1.54) is 0 Å². The van der Waals surface area contributed by atoms with Crippen LogP contribution in [0.4, 0.5) is 4.79 Å². The lowest BCUT2D eigenvalue weighted by Gasteiger charge is -2.14. The predicted octanol–water partition coefficient (Wildman–Crippen LogP) is 1.17. The van der Waals surface area contributed by atoms with Crippen molar-refractivity contribution in [3.63, 3.8) is 0 Å². The molecule has 0 saturated heterocycles. The number of nitrogens with one attached hydrogen (secondary N) is 1. The van der Waals surface area contributed by atoms with Gasteiger partial charge in [0.2, 0.25) is 0 Å². The molecule has 0 spiro atoms. The molecule has 0 bridgehead atoms. The molecule has 0 radical (unpaired) electrons. The van der Waals surface area contributed by atoms with Crippen molar-refractivity contribution in [1.29, 1.82) is 0 Å². The topological polar surface area (TPSA) is 75.6 Å². The summed E-state index contributed by atoms with van der Waals surface area (Å²) >= 11 is 0. The van der Waals surface area contributed by atoms with Gasteiger partial charge in [0.15, 0.2) is 12.6 Å². The van der Waals surface area contributed by atoms with Crippen molar-refractivity contribution in [2.75, 3.05) is 6.61 Å². The number of hydrogen-bond acceptors (Lipinski definition) is 3. The number of carbonyl (C=O) groups excluding carboxylic acids is 1. The molecule has 1 unspecified atom stereocenters. The van der Waals surface area contributed by atoms with E-state index in [0.29, 0.717) is 5.56 Å². The SMILES string of the molecule is C#CCOC(=O)NC(C(=O)O)c1ccccc1. The summed E-state index contributed by atoms with van der Waals surface area (Å²) < 4.78 is 4.54. The summed E-state index contributed by atoms with van der Waals surface area (Å²) in [6.07, 6.45) is 4.05. The summed E-state index contributed by atoms with van der Waals surface area (Å²) in [7, 11) is 0. The van der Waals surface area contributed by atoms with Gasteiger partial charge in [-0.25, -0.2) is 9.59 Å². The number of hydrogen-bond donors (Lipinski definition) is 2. The highest BCUT2D eigenvalue weighted by atomic mass is 16.5. The largest absolute Gasteiger partial charge is 0.479 e. The number of terminal acetylenes is 1. The Morgan fingerprint density at radius 3 is 2.59 bits per heavy atom. The van der Waals surface area contributed by atoms with Crippen LogP contribution in [-0.2, 0) is 9.53 Å². The van der Waals surface area contributed by atoms with E-state index in [2.05, 4.69) is 16.0 Å². The van der Waals surface area contributed by atoms with E-state index in [4.69, 9.17) is 11.5 Å². The molecule has 2 N–H and O–H groups in total. The summed E-state index contributed by atoms with van der Waals surface area (Å²) in [4.78, 5) is 22.2. The highest BCUT2D eigenvalue weighted by Gasteiger charge is 2.22. The molecule has 5 heteroatoms. The zero-order valence-electron chi connectivity index (χ0n) is 8.92. The van der Waals surface area contributed by atoms with Gasteiger partial charge in [0, 0.05) is 0 Å². The zero-order valence-corrected chi connectivity index (χ0v) is 8.92. The third kappa shape index (κ3) is 3.87. The zero-order chi connectivity index (χ0) is 12.7. The van der Waals surface area contributed by atoms with E-state index in [1.807, 2.05) is 0 Å². The third-order valence-electron chi connectivity index (χ3n) is 1.93. The van der Waals surface area contributed by atoms with Crippen LogP contribution in [0, 0.1) is 12.3 Å². The minimum absolute atomic E-state index is 0.201. The maximum Gasteiger partial charge on any atom is 0.409 e. The smallest absolute Gasteiger partial charge is 0.409 e. The molecule has 88 valence electrons. The lowest BCUT2D eigenvalue weighted by atomic mass is 10.1. The average Bonchev–Trinajstić information content (AvgIpc) is 2.34. The first-order chi connectivity index (χ1) is 8.15. The highest BCUT2D eigenvalue weighted by molar-refractivity contribution is 5.81. The number of alkyl carbamates (subject to hydrolysis) is 1. The van der Waals surface area contributed by atoms with Crippen molar-refractivity contribution in [2.45, 2.75) is 6.04 Å². The fraction of sp³-hybridized carbons (Fsp3) is 0.167. The van der Waals surface area contributed by atoms with Crippen LogP contribution in [0.25, 0.3) is 0 Å². The number of amides is 1. The highest BCUT2D eigenvalue weighted by Crippen LogP contribution is 2.12. The lowest BCUT2D eigenvalue weighted by Crippen LogP contribution is -2.34. The molecule has 1 aromatic rings. The van der Waals surface area contributed by atoms with Gasteiger partial charge >= 0.3 is 12.1 Å². The normalized spacial score (nSPS) is 11.0. The lowest BCUT2D eigenvalue weighted by molar-refractivity contribution is -0.139. The Labute approximate surface area is 98.4 Å².